The molecule has 0 amide bonds. The molecular weight excluding hydrogens is 264 g/mol. The fourth-order valence-electron chi connectivity index (χ4n) is 2.22. The summed E-state index contributed by atoms with van der Waals surface area (Å²) in [5.41, 5.74) is 0.881. The molecule has 2 rings (SSSR count). The molecule has 1 aromatic heterocycles. The minimum Gasteiger partial charge on any atom is -0.387 e. The van der Waals surface area contributed by atoms with E-state index in [4.69, 9.17) is 9.47 Å². The van der Waals surface area contributed by atoms with E-state index in [1.165, 1.54) is 4.88 Å². The van der Waals surface area contributed by atoms with E-state index in [2.05, 4.69) is 9.88 Å². The minimum absolute atomic E-state index is 0.388. The standard InChI is InChI=1S/C13H22N2O3S/c1-17-8-6-15(7-9-18-2)13-14-12-10(16)4-3-5-11(12)19-13/h10,16H,3-9H2,1-2H3. The molecule has 0 saturated heterocycles. The number of aryl methyl sites for hydroxylation is 1. The quantitative estimate of drug-likeness (QED) is 0.825. The Morgan fingerprint density at radius 2 is 2.00 bits per heavy atom. The lowest BCUT2D eigenvalue weighted by molar-refractivity contribution is 0.153. The molecule has 1 unspecified atom stereocenters. The Bertz CT molecular complexity index is 389. The largest absolute Gasteiger partial charge is 0.387 e. The van der Waals surface area contributed by atoms with Gasteiger partial charge in [0.25, 0.3) is 0 Å². The lowest BCUT2D eigenvalue weighted by atomic mass is 10.0. The summed E-state index contributed by atoms with van der Waals surface area (Å²) in [4.78, 5) is 8.02. The number of aromatic nitrogens is 1. The van der Waals surface area contributed by atoms with E-state index in [9.17, 15) is 5.11 Å². The van der Waals surface area contributed by atoms with E-state index < -0.39 is 0 Å². The van der Waals surface area contributed by atoms with Crippen molar-refractivity contribution in [2.75, 3.05) is 45.4 Å². The van der Waals surface area contributed by atoms with Crippen LogP contribution >= 0.6 is 11.3 Å². The lowest BCUT2D eigenvalue weighted by Gasteiger charge is -2.20. The van der Waals surface area contributed by atoms with Crippen LogP contribution in [0.5, 0.6) is 0 Å². The maximum atomic E-state index is 9.98. The van der Waals surface area contributed by atoms with Gasteiger partial charge in [0.2, 0.25) is 0 Å². The summed E-state index contributed by atoms with van der Waals surface area (Å²) in [6.45, 7) is 2.91. The number of rotatable bonds is 7. The SMILES string of the molecule is COCCN(CCOC)c1nc2c(s1)CCCC2O. The third-order valence-electron chi connectivity index (χ3n) is 3.31. The summed E-state index contributed by atoms with van der Waals surface area (Å²) in [5, 5.41) is 11.0. The van der Waals surface area contributed by atoms with Crippen LogP contribution in [-0.2, 0) is 15.9 Å². The van der Waals surface area contributed by atoms with Crippen molar-refractivity contribution in [1.29, 1.82) is 0 Å². The Morgan fingerprint density at radius 3 is 2.58 bits per heavy atom. The van der Waals surface area contributed by atoms with Gasteiger partial charge in [-0.25, -0.2) is 4.98 Å². The first-order chi connectivity index (χ1) is 9.26. The van der Waals surface area contributed by atoms with Gasteiger partial charge in [0, 0.05) is 32.2 Å². The molecule has 1 aliphatic rings. The fourth-order valence-corrected chi connectivity index (χ4v) is 3.43. The van der Waals surface area contributed by atoms with Crippen LogP contribution < -0.4 is 4.90 Å². The molecule has 1 aliphatic carbocycles. The molecule has 1 N–H and O–H groups in total. The zero-order valence-electron chi connectivity index (χ0n) is 11.6. The summed E-state index contributed by atoms with van der Waals surface area (Å²) >= 11 is 1.69. The van der Waals surface area contributed by atoms with Crippen molar-refractivity contribution >= 4 is 16.5 Å². The highest BCUT2D eigenvalue weighted by atomic mass is 32.1. The highest BCUT2D eigenvalue weighted by Gasteiger charge is 2.24. The average Bonchev–Trinajstić information content (AvgIpc) is 2.84. The molecule has 0 spiro atoms. The van der Waals surface area contributed by atoms with Crippen LogP contribution in [0.3, 0.4) is 0 Å². The van der Waals surface area contributed by atoms with Crippen molar-refractivity contribution in [3.8, 4) is 0 Å². The number of anilines is 1. The van der Waals surface area contributed by atoms with Gasteiger partial charge >= 0.3 is 0 Å². The van der Waals surface area contributed by atoms with Gasteiger partial charge in [0.15, 0.2) is 5.13 Å². The second kappa shape index (κ2) is 7.19. The molecule has 6 heteroatoms. The second-order valence-corrected chi connectivity index (χ2v) is 5.75. The van der Waals surface area contributed by atoms with E-state index in [1.54, 1.807) is 25.6 Å². The van der Waals surface area contributed by atoms with E-state index in [0.29, 0.717) is 13.2 Å². The first-order valence-corrected chi connectivity index (χ1v) is 7.48. The highest BCUT2D eigenvalue weighted by molar-refractivity contribution is 7.15. The number of methoxy groups -OCH3 is 2. The molecule has 0 aliphatic heterocycles. The number of hydrogen-bond acceptors (Lipinski definition) is 6. The molecule has 19 heavy (non-hydrogen) atoms. The molecule has 0 bridgehead atoms. The van der Waals surface area contributed by atoms with E-state index >= 15 is 0 Å². The van der Waals surface area contributed by atoms with Crippen LogP contribution in [0.1, 0.15) is 29.5 Å². The Hall–Kier alpha value is -0.690. The van der Waals surface area contributed by atoms with Crippen molar-refractivity contribution in [3.63, 3.8) is 0 Å². The van der Waals surface area contributed by atoms with Gasteiger partial charge in [-0.15, -0.1) is 11.3 Å². The Kier molecular flexibility index (Phi) is 5.57. The van der Waals surface area contributed by atoms with Crippen LogP contribution in [0, 0.1) is 0 Å². The average molecular weight is 286 g/mol. The van der Waals surface area contributed by atoms with E-state index in [1.807, 2.05) is 0 Å². The number of nitrogens with zero attached hydrogens (tertiary/aromatic N) is 2. The normalized spacial score (nSPS) is 18.4. The predicted octanol–water partition coefficient (Wildman–Crippen LogP) is 1.61. The number of fused-ring (bicyclic) bond motifs is 1. The molecule has 1 aromatic rings. The van der Waals surface area contributed by atoms with Gasteiger partial charge in [-0.3, -0.25) is 0 Å². The van der Waals surface area contributed by atoms with Gasteiger partial charge < -0.3 is 19.5 Å². The smallest absolute Gasteiger partial charge is 0.186 e. The molecule has 1 atom stereocenters. The van der Waals surface area contributed by atoms with E-state index in [0.717, 1.165) is 43.2 Å². The molecule has 0 radical (unpaired) electrons. The van der Waals surface area contributed by atoms with Crippen molar-refractivity contribution < 1.29 is 14.6 Å². The first-order valence-electron chi connectivity index (χ1n) is 6.66. The molecule has 108 valence electrons. The predicted molar refractivity (Wildman–Crippen MR) is 76.0 cm³/mol. The van der Waals surface area contributed by atoms with E-state index in [-0.39, 0.29) is 6.10 Å². The van der Waals surface area contributed by atoms with Gasteiger partial charge in [-0.2, -0.15) is 0 Å². The van der Waals surface area contributed by atoms with Crippen LogP contribution in [-0.4, -0.2) is 50.6 Å². The summed E-state index contributed by atoms with van der Waals surface area (Å²) in [6, 6.07) is 0. The number of ether oxygens (including phenoxy) is 2. The Labute approximate surface area is 118 Å². The molecular formula is C13H22N2O3S. The monoisotopic (exact) mass is 286 g/mol. The third-order valence-corrected chi connectivity index (χ3v) is 4.51. The van der Waals surface area contributed by atoms with Crippen LogP contribution in [0.15, 0.2) is 0 Å². The maximum absolute atomic E-state index is 9.98. The Balaban J connectivity index is 2.11. The zero-order valence-corrected chi connectivity index (χ0v) is 12.4. The molecule has 0 fully saturated rings. The first kappa shape index (κ1) is 14.7. The lowest BCUT2D eigenvalue weighted by Crippen LogP contribution is -2.30. The molecule has 1 heterocycles. The van der Waals surface area contributed by atoms with Crippen molar-refractivity contribution in [1.82, 2.24) is 4.98 Å². The second-order valence-electron chi connectivity index (χ2n) is 4.69. The van der Waals surface area contributed by atoms with Crippen LogP contribution in [0.4, 0.5) is 5.13 Å². The maximum Gasteiger partial charge on any atom is 0.186 e. The summed E-state index contributed by atoms with van der Waals surface area (Å²) in [5.74, 6) is 0. The van der Waals surface area contributed by atoms with Gasteiger partial charge in [0.1, 0.15) is 0 Å². The molecule has 0 aromatic carbocycles. The number of hydrogen-bond donors (Lipinski definition) is 1. The van der Waals surface area contributed by atoms with Crippen molar-refractivity contribution in [2.45, 2.75) is 25.4 Å². The number of aliphatic hydroxyl groups excluding tert-OH is 1. The summed E-state index contributed by atoms with van der Waals surface area (Å²) in [6.07, 6.45) is 2.52. The van der Waals surface area contributed by atoms with Gasteiger partial charge in [-0.05, 0) is 19.3 Å². The molecule has 5 nitrogen and oxygen atoms in total. The fraction of sp³-hybridized carbons (Fsp3) is 0.769. The Morgan fingerprint density at radius 1 is 1.32 bits per heavy atom. The minimum atomic E-state index is -0.388. The number of thiazole rings is 1. The van der Waals surface area contributed by atoms with Gasteiger partial charge in [-0.1, -0.05) is 0 Å². The van der Waals surface area contributed by atoms with Crippen LogP contribution in [0.25, 0.3) is 0 Å². The summed E-state index contributed by atoms with van der Waals surface area (Å²) in [7, 11) is 3.40. The third kappa shape index (κ3) is 3.66. The highest BCUT2D eigenvalue weighted by Crippen LogP contribution is 2.36. The van der Waals surface area contributed by atoms with Crippen molar-refractivity contribution in [3.05, 3.63) is 10.6 Å². The van der Waals surface area contributed by atoms with Crippen molar-refractivity contribution in [2.24, 2.45) is 0 Å². The molecule has 0 saturated carbocycles. The number of aliphatic hydroxyl groups is 1. The topological polar surface area (TPSA) is 54.8 Å². The van der Waals surface area contributed by atoms with Gasteiger partial charge in [0.05, 0.1) is 25.0 Å². The summed E-state index contributed by atoms with van der Waals surface area (Å²) < 4.78 is 10.3. The van der Waals surface area contributed by atoms with Crippen LogP contribution in [0.2, 0.25) is 0 Å². The zero-order chi connectivity index (χ0) is 13.7.